The predicted octanol–water partition coefficient (Wildman–Crippen LogP) is 1.81. The van der Waals surface area contributed by atoms with Crippen LogP contribution in [0.3, 0.4) is 0 Å². The zero-order chi connectivity index (χ0) is 19.4. The number of aliphatic imine (C=N–C) groups is 1. The predicted molar refractivity (Wildman–Crippen MR) is 106 cm³/mol. The van der Waals surface area contributed by atoms with Gasteiger partial charge in [-0.15, -0.1) is 11.8 Å². The lowest BCUT2D eigenvalue weighted by molar-refractivity contribution is -0.137. The SMILES string of the molecule is CN(C)c1ccc(C2=NCCCN2)c(SCc2cccc(C(F)(F)F)c2)c1.[Cl-]. The first-order valence-corrected chi connectivity index (χ1v) is 9.72. The Hall–Kier alpha value is -1.86. The zero-order valence-electron chi connectivity index (χ0n) is 15.7. The van der Waals surface area contributed by atoms with Crippen LogP contribution in [0, 0.1) is 0 Å². The highest BCUT2D eigenvalue weighted by Crippen LogP contribution is 2.33. The van der Waals surface area contributed by atoms with Crippen molar-refractivity contribution in [1.29, 1.82) is 0 Å². The van der Waals surface area contributed by atoms with Gasteiger partial charge in [0, 0.05) is 49.1 Å². The second-order valence-electron chi connectivity index (χ2n) is 6.57. The third-order valence-corrected chi connectivity index (χ3v) is 5.41. The number of hydrogen-bond acceptors (Lipinski definition) is 4. The average molecular weight is 429 g/mol. The van der Waals surface area contributed by atoms with Crippen LogP contribution in [0.25, 0.3) is 0 Å². The van der Waals surface area contributed by atoms with Gasteiger partial charge in [0.25, 0.3) is 0 Å². The number of benzene rings is 2. The average Bonchev–Trinajstić information content (AvgIpc) is 2.66. The van der Waals surface area contributed by atoms with Crippen molar-refractivity contribution in [2.24, 2.45) is 4.99 Å². The van der Waals surface area contributed by atoms with Crippen molar-refractivity contribution in [3.05, 3.63) is 59.2 Å². The third kappa shape index (κ3) is 5.58. The molecule has 0 aliphatic carbocycles. The summed E-state index contributed by atoms with van der Waals surface area (Å²) in [4.78, 5) is 7.58. The first kappa shape index (κ1) is 22.4. The van der Waals surface area contributed by atoms with Crippen LogP contribution in [0.5, 0.6) is 0 Å². The van der Waals surface area contributed by atoms with E-state index in [1.165, 1.54) is 23.9 Å². The minimum absolute atomic E-state index is 0. The Morgan fingerprint density at radius 1 is 1.14 bits per heavy atom. The van der Waals surface area contributed by atoms with Gasteiger partial charge in [0.15, 0.2) is 0 Å². The number of alkyl halides is 3. The fourth-order valence-corrected chi connectivity index (χ4v) is 3.84. The molecule has 0 aromatic heterocycles. The van der Waals surface area contributed by atoms with E-state index in [2.05, 4.69) is 16.4 Å². The molecule has 3 rings (SSSR count). The summed E-state index contributed by atoms with van der Waals surface area (Å²) >= 11 is 1.53. The summed E-state index contributed by atoms with van der Waals surface area (Å²) in [7, 11) is 3.93. The lowest BCUT2D eigenvalue weighted by atomic mass is 10.1. The molecule has 1 N–H and O–H groups in total. The molecule has 0 saturated heterocycles. The van der Waals surface area contributed by atoms with Gasteiger partial charge in [0.1, 0.15) is 5.84 Å². The number of halogens is 4. The van der Waals surface area contributed by atoms with Gasteiger partial charge in [-0.25, -0.2) is 0 Å². The first-order valence-electron chi connectivity index (χ1n) is 8.73. The maximum Gasteiger partial charge on any atom is 0.416 e. The Morgan fingerprint density at radius 2 is 1.93 bits per heavy atom. The number of thioether (sulfide) groups is 1. The van der Waals surface area contributed by atoms with Crippen molar-refractivity contribution in [1.82, 2.24) is 5.32 Å². The van der Waals surface area contributed by atoms with Crippen LogP contribution in [0.4, 0.5) is 18.9 Å². The monoisotopic (exact) mass is 428 g/mol. The van der Waals surface area contributed by atoms with Crippen LogP contribution in [0.15, 0.2) is 52.4 Å². The number of amidine groups is 1. The van der Waals surface area contributed by atoms with Crippen LogP contribution in [-0.4, -0.2) is 33.0 Å². The molecule has 0 fully saturated rings. The summed E-state index contributed by atoms with van der Waals surface area (Å²) in [5, 5.41) is 3.33. The maximum absolute atomic E-state index is 12.9. The van der Waals surface area contributed by atoms with Crippen LogP contribution < -0.4 is 22.6 Å². The van der Waals surface area contributed by atoms with Crippen molar-refractivity contribution in [2.45, 2.75) is 23.2 Å². The van der Waals surface area contributed by atoms with E-state index in [1.807, 2.05) is 31.1 Å². The van der Waals surface area contributed by atoms with Gasteiger partial charge in [0.2, 0.25) is 0 Å². The molecule has 0 atom stereocenters. The van der Waals surface area contributed by atoms with Crippen LogP contribution in [-0.2, 0) is 11.9 Å². The largest absolute Gasteiger partial charge is 1.00 e. The highest BCUT2D eigenvalue weighted by Gasteiger charge is 2.30. The molecule has 0 radical (unpaired) electrons. The molecule has 0 spiro atoms. The van der Waals surface area contributed by atoms with Gasteiger partial charge >= 0.3 is 6.18 Å². The number of nitrogens with zero attached hydrogens (tertiary/aromatic N) is 2. The second kappa shape index (κ2) is 9.56. The lowest BCUT2D eigenvalue weighted by Gasteiger charge is -2.20. The van der Waals surface area contributed by atoms with E-state index in [0.717, 1.165) is 47.6 Å². The second-order valence-corrected chi connectivity index (χ2v) is 7.59. The molecule has 3 nitrogen and oxygen atoms in total. The number of anilines is 1. The fourth-order valence-electron chi connectivity index (χ4n) is 2.82. The van der Waals surface area contributed by atoms with Crippen LogP contribution in [0.1, 0.15) is 23.1 Å². The minimum atomic E-state index is -4.32. The van der Waals surface area contributed by atoms with Gasteiger partial charge < -0.3 is 22.6 Å². The molecular formula is C20H22ClF3N3S-. The molecule has 0 bridgehead atoms. The normalized spacial score (nSPS) is 14.0. The Balaban J connectivity index is 0.00000280. The van der Waals surface area contributed by atoms with Gasteiger partial charge in [-0.1, -0.05) is 18.2 Å². The summed E-state index contributed by atoms with van der Waals surface area (Å²) in [6, 6.07) is 11.6. The summed E-state index contributed by atoms with van der Waals surface area (Å²) in [5.41, 5.74) is 2.08. The number of rotatable bonds is 5. The molecule has 0 unspecified atom stereocenters. The Labute approximate surface area is 173 Å². The summed E-state index contributed by atoms with van der Waals surface area (Å²) in [6.45, 7) is 1.67. The molecule has 0 saturated carbocycles. The van der Waals surface area contributed by atoms with E-state index in [9.17, 15) is 13.2 Å². The van der Waals surface area contributed by atoms with Gasteiger partial charge in [-0.2, -0.15) is 13.2 Å². The fraction of sp³-hybridized carbons (Fsp3) is 0.350. The number of nitrogens with one attached hydrogen (secondary N) is 1. The Morgan fingerprint density at radius 3 is 2.57 bits per heavy atom. The summed E-state index contributed by atoms with van der Waals surface area (Å²) in [5.74, 6) is 1.32. The molecule has 8 heteroatoms. The van der Waals surface area contributed by atoms with Crippen molar-refractivity contribution >= 4 is 23.3 Å². The third-order valence-electron chi connectivity index (χ3n) is 4.28. The Kier molecular flexibility index (Phi) is 7.66. The molecule has 1 aliphatic rings. The molecule has 2 aromatic rings. The minimum Gasteiger partial charge on any atom is -1.00 e. The van der Waals surface area contributed by atoms with Crippen molar-refractivity contribution < 1.29 is 25.6 Å². The highest BCUT2D eigenvalue weighted by atomic mass is 35.5. The smallest absolute Gasteiger partial charge is 0.416 e. The summed E-state index contributed by atoms with van der Waals surface area (Å²) in [6.07, 6.45) is -3.32. The molecular weight excluding hydrogens is 407 g/mol. The highest BCUT2D eigenvalue weighted by molar-refractivity contribution is 7.98. The maximum atomic E-state index is 12.9. The van der Waals surface area contributed by atoms with E-state index in [0.29, 0.717) is 11.3 Å². The topological polar surface area (TPSA) is 27.6 Å². The molecule has 152 valence electrons. The van der Waals surface area contributed by atoms with Crippen LogP contribution in [0.2, 0.25) is 0 Å². The van der Waals surface area contributed by atoms with Crippen molar-refractivity contribution in [3.8, 4) is 0 Å². The number of hydrogen-bond donors (Lipinski definition) is 1. The van der Waals surface area contributed by atoms with Crippen molar-refractivity contribution in [2.75, 3.05) is 32.1 Å². The summed E-state index contributed by atoms with van der Waals surface area (Å²) < 4.78 is 38.8. The van der Waals surface area contributed by atoms with Gasteiger partial charge in [-0.05, 0) is 36.2 Å². The molecule has 0 amide bonds. The standard InChI is InChI=1S/C20H22F3N3S.ClH/c1-26(2)16-7-8-17(19-24-9-4-10-25-19)18(12-16)27-13-14-5-3-6-15(11-14)20(21,22)23;/h3,5-8,11-12H,4,9-10,13H2,1-2H3,(H,24,25);1H/p-1. The molecule has 1 heterocycles. The quantitative estimate of drug-likeness (QED) is 0.736. The zero-order valence-corrected chi connectivity index (χ0v) is 17.3. The lowest BCUT2D eigenvalue weighted by Crippen LogP contribution is -3.00. The van der Waals surface area contributed by atoms with Crippen molar-refractivity contribution in [3.63, 3.8) is 0 Å². The molecule has 1 aliphatic heterocycles. The van der Waals surface area contributed by atoms with E-state index in [-0.39, 0.29) is 12.4 Å². The Bertz CT molecular complexity index is 838. The van der Waals surface area contributed by atoms with E-state index in [4.69, 9.17) is 0 Å². The van der Waals surface area contributed by atoms with Gasteiger partial charge in [-0.3, -0.25) is 4.99 Å². The van der Waals surface area contributed by atoms with E-state index in [1.54, 1.807) is 6.07 Å². The van der Waals surface area contributed by atoms with E-state index >= 15 is 0 Å². The molecule has 28 heavy (non-hydrogen) atoms. The molecule has 2 aromatic carbocycles. The van der Waals surface area contributed by atoms with Gasteiger partial charge in [0.05, 0.1) is 5.56 Å². The van der Waals surface area contributed by atoms with Crippen LogP contribution >= 0.6 is 11.8 Å². The van der Waals surface area contributed by atoms with E-state index < -0.39 is 11.7 Å². The first-order chi connectivity index (χ1) is 12.8.